The molecular formula is C24H25N5O. The number of nitrogens with two attached hydrogens (primary N) is 1. The molecule has 1 aliphatic rings. The van der Waals surface area contributed by atoms with E-state index < -0.39 is 0 Å². The van der Waals surface area contributed by atoms with Crippen LogP contribution in [0.3, 0.4) is 0 Å². The molecule has 1 fully saturated rings. The predicted octanol–water partition coefficient (Wildman–Crippen LogP) is 3.67. The number of aromatic nitrogens is 3. The third kappa shape index (κ3) is 3.34. The zero-order valence-electron chi connectivity index (χ0n) is 16.8. The summed E-state index contributed by atoms with van der Waals surface area (Å²) in [4.78, 5) is 20.2. The van der Waals surface area contributed by atoms with Crippen molar-refractivity contribution in [2.75, 3.05) is 23.7 Å². The summed E-state index contributed by atoms with van der Waals surface area (Å²) in [5.74, 6) is 0.946. The second-order valence-electron chi connectivity index (χ2n) is 7.88. The smallest absolute Gasteiger partial charge is 0.329 e. The third-order valence-electron chi connectivity index (χ3n) is 5.98. The first-order valence-electron chi connectivity index (χ1n) is 10.4. The molecule has 0 spiro atoms. The highest BCUT2D eigenvalue weighted by atomic mass is 16.1. The Hall–Kier alpha value is -3.54. The van der Waals surface area contributed by atoms with Gasteiger partial charge in [0.25, 0.3) is 0 Å². The summed E-state index contributed by atoms with van der Waals surface area (Å²) < 4.78 is 3.91. The van der Waals surface area contributed by atoms with Gasteiger partial charge in [0, 0.05) is 19.1 Å². The maximum Gasteiger partial charge on any atom is 0.329 e. The van der Waals surface area contributed by atoms with Gasteiger partial charge in [-0.1, -0.05) is 42.5 Å². The van der Waals surface area contributed by atoms with E-state index in [1.165, 1.54) is 0 Å². The van der Waals surface area contributed by atoms with Crippen molar-refractivity contribution in [3.05, 3.63) is 89.0 Å². The number of benzene rings is 2. The Morgan fingerprint density at radius 3 is 2.30 bits per heavy atom. The number of nitrogen functional groups attached to an aromatic ring is 1. The molecule has 0 saturated carbocycles. The summed E-state index contributed by atoms with van der Waals surface area (Å²) in [5.41, 5.74) is 9.65. The fourth-order valence-corrected chi connectivity index (χ4v) is 4.44. The highest BCUT2D eigenvalue weighted by molar-refractivity contribution is 5.76. The lowest BCUT2D eigenvalue weighted by Crippen LogP contribution is -2.38. The maximum atomic E-state index is 13.5. The molecule has 6 heteroatoms. The fourth-order valence-electron chi connectivity index (χ4n) is 4.44. The molecule has 0 radical (unpaired) electrons. The first kappa shape index (κ1) is 18.5. The van der Waals surface area contributed by atoms with E-state index in [0.29, 0.717) is 12.2 Å². The van der Waals surface area contributed by atoms with Crippen molar-refractivity contribution in [2.24, 2.45) is 0 Å². The molecule has 1 saturated heterocycles. The summed E-state index contributed by atoms with van der Waals surface area (Å²) in [6.07, 6.45) is 3.51. The largest absolute Gasteiger partial charge is 0.397 e. The lowest BCUT2D eigenvalue weighted by atomic mass is 10.0. The van der Waals surface area contributed by atoms with Crippen molar-refractivity contribution in [2.45, 2.75) is 25.4 Å². The third-order valence-corrected chi connectivity index (χ3v) is 5.98. The molecule has 3 heterocycles. The molecule has 0 atom stereocenters. The molecule has 30 heavy (non-hydrogen) atoms. The molecule has 2 aromatic carbocycles. The molecule has 0 aliphatic carbocycles. The molecular weight excluding hydrogens is 374 g/mol. The Morgan fingerprint density at radius 1 is 0.900 bits per heavy atom. The molecule has 0 bridgehead atoms. The molecule has 0 unspecified atom stereocenters. The molecule has 1 aliphatic heterocycles. The quantitative estimate of drug-likeness (QED) is 0.568. The SMILES string of the molecule is Nc1ccc(N2CCC(n3c(=O)n(Cc4ccccc4)c4ccccc43)CC2)nc1. The van der Waals surface area contributed by atoms with Crippen LogP contribution in [0.4, 0.5) is 11.5 Å². The predicted molar refractivity (Wildman–Crippen MR) is 121 cm³/mol. The van der Waals surface area contributed by atoms with Gasteiger partial charge in [0.15, 0.2) is 0 Å². The van der Waals surface area contributed by atoms with Gasteiger partial charge in [-0.05, 0) is 42.7 Å². The first-order chi connectivity index (χ1) is 14.7. The lowest BCUT2D eigenvalue weighted by molar-refractivity contribution is 0.391. The zero-order valence-corrected chi connectivity index (χ0v) is 16.8. The Morgan fingerprint density at radius 2 is 1.60 bits per heavy atom. The van der Waals surface area contributed by atoms with Gasteiger partial charge in [0.05, 0.1) is 29.5 Å². The van der Waals surface area contributed by atoms with E-state index in [-0.39, 0.29) is 11.7 Å². The number of rotatable bonds is 4. The Kier molecular flexibility index (Phi) is 4.75. The van der Waals surface area contributed by atoms with Gasteiger partial charge in [0.2, 0.25) is 0 Å². The van der Waals surface area contributed by atoms with Crippen LogP contribution in [-0.4, -0.2) is 27.2 Å². The van der Waals surface area contributed by atoms with Crippen molar-refractivity contribution in [1.29, 1.82) is 0 Å². The Labute approximate surface area is 175 Å². The van der Waals surface area contributed by atoms with E-state index in [9.17, 15) is 4.79 Å². The van der Waals surface area contributed by atoms with E-state index in [4.69, 9.17) is 5.73 Å². The van der Waals surface area contributed by atoms with Crippen LogP contribution >= 0.6 is 0 Å². The number of fused-ring (bicyclic) bond motifs is 1. The van der Waals surface area contributed by atoms with Crippen LogP contribution in [0.1, 0.15) is 24.4 Å². The monoisotopic (exact) mass is 399 g/mol. The minimum absolute atomic E-state index is 0.0733. The highest BCUT2D eigenvalue weighted by Crippen LogP contribution is 2.28. The van der Waals surface area contributed by atoms with Gasteiger partial charge in [-0.2, -0.15) is 0 Å². The van der Waals surface area contributed by atoms with Crippen LogP contribution in [0.25, 0.3) is 11.0 Å². The average Bonchev–Trinajstić information content (AvgIpc) is 3.07. The van der Waals surface area contributed by atoms with Crippen molar-refractivity contribution in [1.82, 2.24) is 14.1 Å². The van der Waals surface area contributed by atoms with Crippen LogP contribution in [0, 0.1) is 0 Å². The highest BCUT2D eigenvalue weighted by Gasteiger charge is 2.25. The topological polar surface area (TPSA) is 69.1 Å². The van der Waals surface area contributed by atoms with Crippen LogP contribution in [0.5, 0.6) is 0 Å². The molecule has 0 amide bonds. The van der Waals surface area contributed by atoms with Crippen molar-refractivity contribution >= 4 is 22.5 Å². The molecule has 2 N–H and O–H groups in total. The number of hydrogen-bond donors (Lipinski definition) is 1. The van der Waals surface area contributed by atoms with E-state index in [0.717, 1.165) is 48.3 Å². The van der Waals surface area contributed by atoms with Crippen LogP contribution in [0.15, 0.2) is 77.7 Å². The minimum Gasteiger partial charge on any atom is -0.397 e. The summed E-state index contributed by atoms with van der Waals surface area (Å²) >= 11 is 0. The summed E-state index contributed by atoms with van der Waals surface area (Å²) in [7, 11) is 0. The van der Waals surface area contributed by atoms with Gasteiger partial charge < -0.3 is 10.6 Å². The van der Waals surface area contributed by atoms with Crippen molar-refractivity contribution in [3.63, 3.8) is 0 Å². The maximum absolute atomic E-state index is 13.5. The Bertz CT molecular complexity index is 1200. The number of imidazole rings is 1. The second-order valence-corrected chi connectivity index (χ2v) is 7.88. The fraction of sp³-hybridized carbons (Fsp3) is 0.250. The van der Waals surface area contributed by atoms with E-state index in [1.54, 1.807) is 6.20 Å². The summed E-state index contributed by atoms with van der Waals surface area (Å²) in [6.45, 7) is 2.32. The van der Waals surface area contributed by atoms with Gasteiger partial charge in [-0.25, -0.2) is 9.78 Å². The van der Waals surface area contributed by atoms with Crippen LogP contribution < -0.4 is 16.3 Å². The molecule has 4 aromatic rings. The first-order valence-corrected chi connectivity index (χ1v) is 10.4. The van der Waals surface area contributed by atoms with Crippen LogP contribution in [0.2, 0.25) is 0 Å². The molecule has 2 aromatic heterocycles. The van der Waals surface area contributed by atoms with Gasteiger partial charge in [-0.3, -0.25) is 9.13 Å². The number of para-hydroxylation sites is 2. The number of hydrogen-bond acceptors (Lipinski definition) is 4. The molecule has 6 nitrogen and oxygen atoms in total. The lowest BCUT2D eigenvalue weighted by Gasteiger charge is -2.33. The molecule has 152 valence electrons. The average molecular weight is 399 g/mol. The normalized spacial score (nSPS) is 15.0. The Balaban J connectivity index is 1.44. The molecule has 5 rings (SSSR count). The van der Waals surface area contributed by atoms with Gasteiger partial charge in [-0.15, -0.1) is 0 Å². The van der Waals surface area contributed by atoms with Gasteiger partial charge >= 0.3 is 5.69 Å². The number of pyridine rings is 1. The van der Waals surface area contributed by atoms with E-state index >= 15 is 0 Å². The van der Waals surface area contributed by atoms with Crippen LogP contribution in [-0.2, 0) is 6.54 Å². The number of nitrogens with zero attached hydrogens (tertiary/aromatic N) is 4. The van der Waals surface area contributed by atoms with Gasteiger partial charge in [0.1, 0.15) is 5.82 Å². The number of anilines is 2. The minimum atomic E-state index is 0.0733. The van der Waals surface area contributed by atoms with Crippen molar-refractivity contribution in [3.8, 4) is 0 Å². The van der Waals surface area contributed by atoms with E-state index in [1.807, 2.05) is 57.7 Å². The second kappa shape index (κ2) is 7.71. The zero-order chi connectivity index (χ0) is 20.5. The number of piperidine rings is 1. The van der Waals surface area contributed by atoms with E-state index in [2.05, 4.69) is 28.1 Å². The standard InChI is InChI=1S/C24H25N5O/c25-19-10-11-23(26-16-19)27-14-12-20(13-15-27)29-22-9-5-4-8-21(22)28(24(29)30)17-18-6-2-1-3-7-18/h1-11,16,20H,12-15,17,25H2. The summed E-state index contributed by atoms with van der Waals surface area (Å²) in [5, 5.41) is 0. The van der Waals surface area contributed by atoms with Crippen molar-refractivity contribution < 1.29 is 0 Å². The summed E-state index contributed by atoms with van der Waals surface area (Å²) in [6, 6.07) is 22.3.